The number of hydrogen-bond acceptors (Lipinski definition) is 4. The van der Waals surface area contributed by atoms with Crippen LogP contribution in [0.15, 0.2) is 152 Å². The van der Waals surface area contributed by atoms with E-state index >= 15 is 0 Å². The van der Waals surface area contributed by atoms with Crippen LogP contribution in [0.1, 0.15) is 97.9 Å². The van der Waals surface area contributed by atoms with Gasteiger partial charge in [0.15, 0.2) is 0 Å². The maximum atomic E-state index is 14.6. The maximum absolute atomic E-state index is 14.6. The fourth-order valence-electron chi connectivity index (χ4n) is 9.14. The standard InChI is InChI=1S/C56H45F2N3O5/c1-32-12-14-35(15-13-32)41-25-27-56(3,45-21-20-38(28-44(41)45)53(62)59-39-29-46(57)51(55(65)66)47(58)30-39)26-24-33(2)40-10-7-11-42-43(34-8-5-4-6-9-34)31-50(61-52(40)42)49-23-22-48(60-49)36-16-18-37(19-17-36)54(63)64/h4-23,25,28-31,33,60H,24,26-27H2,1-3H3,(H,59,62)(H,63,64)(H,65,66). The highest BCUT2D eigenvalue weighted by Gasteiger charge is 2.34. The van der Waals surface area contributed by atoms with Crippen LogP contribution >= 0.6 is 0 Å². The smallest absolute Gasteiger partial charge is 0.341 e. The molecular weight excluding hydrogens is 833 g/mol. The number of pyridine rings is 1. The molecule has 0 saturated carbocycles. The number of halogens is 2. The van der Waals surface area contributed by atoms with Gasteiger partial charge >= 0.3 is 11.9 Å². The zero-order valence-electron chi connectivity index (χ0n) is 36.5. The van der Waals surface area contributed by atoms with Gasteiger partial charge in [0.2, 0.25) is 0 Å². The molecule has 0 radical (unpaired) electrons. The number of aromatic nitrogens is 2. The van der Waals surface area contributed by atoms with Gasteiger partial charge in [-0.05, 0) is 137 Å². The summed E-state index contributed by atoms with van der Waals surface area (Å²) < 4.78 is 29.1. The molecule has 0 bridgehead atoms. The average molecular weight is 878 g/mol. The second-order valence-corrected chi connectivity index (χ2v) is 17.4. The molecular formula is C56H45F2N3O5. The molecule has 0 fully saturated rings. The molecule has 1 aliphatic rings. The molecule has 8 nitrogen and oxygen atoms in total. The zero-order chi connectivity index (χ0) is 46.3. The average Bonchev–Trinajstić information content (AvgIpc) is 3.81. The second kappa shape index (κ2) is 17.5. The fourth-order valence-corrected chi connectivity index (χ4v) is 9.14. The van der Waals surface area contributed by atoms with E-state index in [0.29, 0.717) is 0 Å². The summed E-state index contributed by atoms with van der Waals surface area (Å²) in [5, 5.41) is 22.2. The van der Waals surface area contributed by atoms with Crippen molar-refractivity contribution >= 4 is 40.0 Å². The minimum Gasteiger partial charge on any atom is -0.478 e. The summed E-state index contributed by atoms with van der Waals surface area (Å²) in [6, 6.07) is 44.9. The van der Waals surface area contributed by atoms with Gasteiger partial charge < -0.3 is 20.5 Å². The molecule has 0 saturated heterocycles. The van der Waals surface area contributed by atoms with Crippen LogP contribution in [0, 0.1) is 18.6 Å². The molecule has 0 aliphatic heterocycles. The van der Waals surface area contributed by atoms with Gasteiger partial charge in [-0.25, -0.2) is 23.4 Å². The highest BCUT2D eigenvalue weighted by molar-refractivity contribution is 6.05. The van der Waals surface area contributed by atoms with E-state index in [0.717, 1.165) is 109 Å². The van der Waals surface area contributed by atoms with Crippen molar-refractivity contribution in [3.05, 3.63) is 208 Å². The van der Waals surface area contributed by atoms with Crippen LogP contribution in [0.5, 0.6) is 0 Å². The first-order chi connectivity index (χ1) is 31.8. The van der Waals surface area contributed by atoms with Gasteiger partial charge in [0.1, 0.15) is 17.2 Å². The number of carbonyl (C=O) groups excluding carboxylic acids is 1. The number of amides is 1. The number of rotatable bonds is 12. The highest BCUT2D eigenvalue weighted by Crippen LogP contribution is 2.46. The van der Waals surface area contributed by atoms with Crippen molar-refractivity contribution in [2.45, 2.75) is 51.4 Å². The van der Waals surface area contributed by atoms with E-state index in [9.17, 15) is 33.4 Å². The Bertz CT molecular complexity index is 3210. The normalized spacial score (nSPS) is 14.9. The molecule has 6 aromatic carbocycles. The highest BCUT2D eigenvalue weighted by atomic mass is 19.1. The quantitative estimate of drug-likeness (QED) is 0.0966. The molecule has 2 unspecified atom stereocenters. The van der Waals surface area contributed by atoms with Crippen molar-refractivity contribution in [1.29, 1.82) is 0 Å². The second-order valence-electron chi connectivity index (χ2n) is 17.4. The Morgan fingerprint density at radius 2 is 1.41 bits per heavy atom. The predicted molar refractivity (Wildman–Crippen MR) is 255 cm³/mol. The van der Waals surface area contributed by atoms with Crippen molar-refractivity contribution in [2.75, 3.05) is 5.32 Å². The van der Waals surface area contributed by atoms with Crippen LogP contribution in [0.3, 0.4) is 0 Å². The van der Waals surface area contributed by atoms with E-state index < -0.39 is 35.0 Å². The number of aromatic amines is 1. The number of carboxylic acid groups (broad SMARTS) is 2. The van der Waals surface area contributed by atoms with Crippen LogP contribution in [0.25, 0.3) is 50.2 Å². The van der Waals surface area contributed by atoms with Crippen molar-refractivity contribution in [3.63, 3.8) is 0 Å². The summed E-state index contributed by atoms with van der Waals surface area (Å²) in [7, 11) is 0. The monoisotopic (exact) mass is 877 g/mol. The van der Waals surface area contributed by atoms with Crippen molar-refractivity contribution in [1.82, 2.24) is 9.97 Å². The van der Waals surface area contributed by atoms with Gasteiger partial charge in [-0.2, -0.15) is 0 Å². The lowest BCUT2D eigenvalue weighted by Crippen LogP contribution is -2.27. The Balaban J connectivity index is 1.04. The summed E-state index contributed by atoms with van der Waals surface area (Å²) in [6.07, 6.45) is 4.61. The van der Waals surface area contributed by atoms with E-state index in [4.69, 9.17) is 4.98 Å². The summed E-state index contributed by atoms with van der Waals surface area (Å²) in [4.78, 5) is 45.4. The molecule has 10 heteroatoms. The molecule has 1 amide bonds. The first-order valence-corrected chi connectivity index (χ1v) is 21.7. The number of carboxylic acids is 2. The number of aromatic carboxylic acids is 2. The Morgan fingerprint density at radius 3 is 2.11 bits per heavy atom. The van der Waals surface area contributed by atoms with E-state index in [1.54, 1.807) is 30.3 Å². The zero-order valence-corrected chi connectivity index (χ0v) is 36.5. The van der Waals surface area contributed by atoms with Gasteiger partial charge in [0.05, 0.1) is 22.5 Å². The molecule has 328 valence electrons. The summed E-state index contributed by atoms with van der Waals surface area (Å²) in [6.45, 7) is 6.52. The number of carbonyl (C=O) groups is 3. The molecule has 8 aromatic rings. The number of allylic oxidation sites excluding steroid dienone is 1. The minimum absolute atomic E-state index is 0.0909. The molecule has 1 aliphatic carbocycles. The Hall–Kier alpha value is -7.98. The lowest BCUT2D eigenvalue weighted by atomic mass is 9.67. The summed E-state index contributed by atoms with van der Waals surface area (Å²) in [5.41, 5.74) is 11.4. The number of aryl methyl sites for hydroxylation is 1. The lowest BCUT2D eigenvalue weighted by Gasteiger charge is -2.37. The van der Waals surface area contributed by atoms with Gasteiger partial charge in [-0.3, -0.25) is 4.79 Å². The predicted octanol–water partition coefficient (Wildman–Crippen LogP) is 13.5. The molecule has 0 spiro atoms. The first-order valence-electron chi connectivity index (χ1n) is 21.7. The van der Waals surface area contributed by atoms with Crippen LogP contribution in [0.4, 0.5) is 14.5 Å². The molecule has 9 rings (SSSR count). The number of hydrogen-bond donors (Lipinski definition) is 4. The minimum atomic E-state index is -1.74. The number of anilines is 1. The number of benzene rings is 6. The molecule has 2 heterocycles. The van der Waals surface area contributed by atoms with Gasteiger partial charge in [-0.1, -0.05) is 116 Å². The topological polar surface area (TPSA) is 132 Å². The Labute approximate surface area is 380 Å². The van der Waals surface area contributed by atoms with Crippen molar-refractivity contribution < 1.29 is 33.4 Å². The number of para-hydroxylation sites is 1. The van der Waals surface area contributed by atoms with E-state index in [1.165, 1.54) is 0 Å². The summed E-state index contributed by atoms with van der Waals surface area (Å²) >= 11 is 0. The van der Waals surface area contributed by atoms with Crippen LogP contribution in [-0.4, -0.2) is 38.0 Å². The van der Waals surface area contributed by atoms with E-state index in [1.807, 2.05) is 49.4 Å². The van der Waals surface area contributed by atoms with Gasteiger partial charge in [-0.15, -0.1) is 0 Å². The van der Waals surface area contributed by atoms with Gasteiger partial charge in [0, 0.05) is 22.3 Å². The summed E-state index contributed by atoms with van der Waals surface area (Å²) in [5.74, 6) is -5.78. The third kappa shape index (κ3) is 8.41. The fraction of sp³-hybridized carbons (Fsp3) is 0.143. The number of nitrogens with one attached hydrogen (secondary N) is 2. The largest absolute Gasteiger partial charge is 0.478 e. The number of H-pyrrole nitrogens is 1. The first kappa shape index (κ1) is 43.3. The van der Waals surface area contributed by atoms with Crippen molar-refractivity contribution in [3.8, 4) is 33.8 Å². The van der Waals surface area contributed by atoms with Crippen LogP contribution < -0.4 is 5.32 Å². The number of nitrogens with zero attached hydrogens (tertiary/aromatic N) is 1. The van der Waals surface area contributed by atoms with Gasteiger partial charge in [0.25, 0.3) is 5.91 Å². The third-order valence-electron chi connectivity index (χ3n) is 12.9. The number of fused-ring (bicyclic) bond motifs is 2. The molecule has 2 aromatic heterocycles. The van der Waals surface area contributed by atoms with Crippen LogP contribution in [0.2, 0.25) is 0 Å². The van der Waals surface area contributed by atoms with E-state index in [-0.39, 0.29) is 28.1 Å². The SMILES string of the molecule is Cc1ccc(C2=CCC(C)(CCC(C)c3cccc4c(-c5ccccc5)cc(-c5ccc(-c6ccc(C(=O)O)cc6)[nH]5)nc34)c3ccc(C(=O)Nc4cc(F)c(C(=O)O)c(F)c4)cc32)cc1. The van der Waals surface area contributed by atoms with E-state index in [2.05, 4.69) is 90.9 Å². The maximum Gasteiger partial charge on any atom is 0.341 e. The van der Waals surface area contributed by atoms with Crippen molar-refractivity contribution in [2.24, 2.45) is 0 Å². The molecule has 4 N–H and O–H groups in total. The lowest BCUT2D eigenvalue weighted by molar-refractivity contribution is 0.0679. The Morgan fingerprint density at radius 1 is 0.727 bits per heavy atom. The Kier molecular flexibility index (Phi) is 11.5. The molecule has 66 heavy (non-hydrogen) atoms. The molecule has 2 atom stereocenters. The van der Waals surface area contributed by atoms with Crippen LogP contribution in [-0.2, 0) is 5.41 Å². The third-order valence-corrected chi connectivity index (χ3v) is 12.9.